The molecule has 0 aliphatic carbocycles. The number of anilines is 1. The number of carbonyl (C=O) groups is 1. The molecule has 1 amide bonds. The van der Waals surface area contributed by atoms with Gasteiger partial charge in [0.2, 0.25) is 5.91 Å². The van der Waals surface area contributed by atoms with Gasteiger partial charge in [0.15, 0.2) is 0 Å². The molecule has 3 N–H and O–H groups in total. The van der Waals surface area contributed by atoms with Crippen molar-refractivity contribution in [2.24, 2.45) is 5.92 Å². The van der Waals surface area contributed by atoms with E-state index in [1.165, 1.54) is 10.6 Å². The van der Waals surface area contributed by atoms with Gasteiger partial charge >= 0.3 is 5.69 Å². The zero-order chi connectivity index (χ0) is 21.3. The van der Waals surface area contributed by atoms with Crippen LogP contribution in [0.15, 0.2) is 15.7 Å². The molecule has 0 aromatic carbocycles. The highest BCUT2D eigenvalue weighted by molar-refractivity contribution is 5.76. The second-order valence-corrected chi connectivity index (χ2v) is 7.75. The number of hydrogen-bond acceptors (Lipinski definition) is 5. The number of rotatable bonds is 12. The van der Waals surface area contributed by atoms with Crippen LogP contribution in [0.25, 0.3) is 0 Å². The van der Waals surface area contributed by atoms with E-state index in [9.17, 15) is 14.4 Å². The molecule has 1 aromatic rings. The van der Waals surface area contributed by atoms with Crippen molar-refractivity contribution in [3.05, 3.63) is 26.9 Å². The molecule has 8 heteroatoms. The van der Waals surface area contributed by atoms with Gasteiger partial charge in [-0.15, -0.1) is 0 Å². The number of aromatic nitrogens is 2. The van der Waals surface area contributed by atoms with Gasteiger partial charge in [-0.1, -0.05) is 40.5 Å². The van der Waals surface area contributed by atoms with Gasteiger partial charge in [0.25, 0.3) is 5.56 Å². The van der Waals surface area contributed by atoms with Gasteiger partial charge < -0.3 is 16.0 Å². The van der Waals surface area contributed by atoms with Gasteiger partial charge in [0.05, 0.1) is 0 Å². The maximum atomic E-state index is 12.7. The lowest BCUT2D eigenvalue weighted by atomic mass is 10.0. The smallest absolute Gasteiger partial charge is 0.333 e. The van der Waals surface area contributed by atoms with Crippen molar-refractivity contribution >= 4 is 11.7 Å². The van der Waals surface area contributed by atoms with Gasteiger partial charge in [-0.3, -0.25) is 18.7 Å². The molecule has 0 spiro atoms. The van der Waals surface area contributed by atoms with E-state index in [0.717, 1.165) is 36.9 Å². The van der Waals surface area contributed by atoms with E-state index in [0.29, 0.717) is 19.0 Å². The number of amides is 1. The van der Waals surface area contributed by atoms with Crippen molar-refractivity contribution in [3.63, 3.8) is 0 Å². The molecule has 0 radical (unpaired) electrons. The Hall–Kier alpha value is -2.09. The fourth-order valence-electron chi connectivity index (χ4n) is 3.15. The quantitative estimate of drug-likeness (QED) is 0.555. The Bertz CT molecular complexity index is 734. The first-order valence-electron chi connectivity index (χ1n) is 10.3. The Morgan fingerprint density at radius 2 is 1.79 bits per heavy atom. The monoisotopic (exact) mass is 395 g/mol. The lowest BCUT2D eigenvalue weighted by Crippen LogP contribution is -2.46. The van der Waals surface area contributed by atoms with Crippen LogP contribution in [-0.2, 0) is 17.9 Å². The van der Waals surface area contributed by atoms with Crippen molar-refractivity contribution < 1.29 is 4.79 Å². The zero-order valence-corrected chi connectivity index (χ0v) is 18.0. The van der Waals surface area contributed by atoms with Gasteiger partial charge in [0.1, 0.15) is 12.4 Å². The molecule has 8 nitrogen and oxygen atoms in total. The fraction of sp³-hybridized carbons (Fsp3) is 0.750. The first-order chi connectivity index (χ1) is 13.2. The standard InChI is InChI=1S/C20H37N5O3/c1-6-23(7-2)11-12-24-17(21)13-19(27)25(20(24)28)14-18(26)22-16(5)10-8-9-15(3)4/h13,15-16H,6-12,14,21H2,1-5H3,(H,22,26). The van der Waals surface area contributed by atoms with Gasteiger partial charge in [-0.25, -0.2) is 4.79 Å². The Balaban J connectivity index is 2.82. The SMILES string of the molecule is CCN(CC)CCn1c(N)cc(=O)n(CC(=O)NC(C)CCCC(C)C)c1=O. The Morgan fingerprint density at radius 1 is 1.14 bits per heavy atom. The molecular weight excluding hydrogens is 358 g/mol. The number of nitrogens with two attached hydrogens (primary N) is 1. The van der Waals surface area contributed by atoms with E-state index in [2.05, 4.69) is 24.1 Å². The van der Waals surface area contributed by atoms with Crippen LogP contribution in [0.2, 0.25) is 0 Å². The molecule has 1 heterocycles. The van der Waals surface area contributed by atoms with E-state index >= 15 is 0 Å². The molecule has 1 unspecified atom stereocenters. The molecule has 0 aliphatic heterocycles. The van der Waals surface area contributed by atoms with E-state index in [1.54, 1.807) is 0 Å². The third-order valence-corrected chi connectivity index (χ3v) is 4.97. The van der Waals surface area contributed by atoms with Crippen LogP contribution >= 0.6 is 0 Å². The third-order valence-electron chi connectivity index (χ3n) is 4.97. The molecule has 0 saturated carbocycles. The molecule has 0 fully saturated rings. The van der Waals surface area contributed by atoms with Crippen molar-refractivity contribution in [1.29, 1.82) is 0 Å². The van der Waals surface area contributed by atoms with Gasteiger partial charge in [-0.05, 0) is 32.4 Å². The fourth-order valence-corrected chi connectivity index (χ4v) is 3.15. The normalized spacial score (nSPS) is 12.5. The van der Waals surface area contributed by atoms with Crippen molar-refractivity contribution in [1.82, 2.24) is 19.4 Å². The van der Waals surface area contributed by atoms with E-state index in [4.69, 9.17) is 5.73 Å². The number of carbonyl (C=O) groups excluding carboxylic acids is 1. The van der Waals surface area contributed by atoms with Crippen molar-refractivity contribution in [2.45, 2.75) is 73.0 Å². The molecule has 1 atom stereocenters. The predicted octanol–water partition coefficient (Wildman–Crippen LogP) is 1.27. The maximum absolute atomic E-state index is 12.7. The lowest BCUT2D eigenvalue weighted by Gasteiger charge is -2.20. The number of nitrogens with zero attached hydrogens (tertiary/aromatic N) is 3. The molecule has 1 aromatic heterocycles. The molecule has 0 aliphatic rings. The summed E-state index contributed by atoms with van der Waals surface area (Å²) in [6.45, 7) is 12.8. The van der Waals surface area contributed by atoms with Crippen LogP contribution in [0, 0.1) is 5.92 Å². The van der Waals surface area contributed by atoms with E-state index in [1.807, 2.05) is 20.8 Å². The minimum atomic E-state index is -0.552. The minimum absolute atomic E-state index is 0.000579. The van der Waals surface area contributed by atoms with Crippen LogP contribution in [0.4, 0.5) is 5.82 Å². The third kappa shape index (κ3) is 7.50. The second-order valence-electron chi connectivity index (χ2n) is 7.75. The Morgan fingerprint density at radius 3 is 2.36 bits per heavy atom. The number of nitrogens with one attached hydrogen (secondary N) is 1. The average molecular weight is 396 g/mol. The number of nitrogen functional groups attached to an aromatic ring is 1. The van der Waals surface area contributed by atoms with Crippen LogP contribution < -0.4 is 22.3 Å². The molecule has 1 rings (SSSR count). The molecule has 160 valence electrons. The second kappa shape index (κ2) is 11.7. The topological polar surface area (TPSA) is 102 Å². The molecule has 0 bridgehead atoms. The summed E-state index contributed by atoms with van der Waals surface area (Å²) in [5.74, 6) is 0.420. The van der Waals surface area contributed by atoms with Crippen LogP contribution in [0.1, 0.15) is 53.9 Å². The minimum Gasteiger partial charge on any atom is -0.385 e. The van der Waals surface area contributed by atoms with E-state index in [-0.39, 0.29) is 24.3 Å². The van der Waals surface area contributed by atoms with Crippen LogP contribution in [0.5, 0.6) is 0 Å². The first kappa shape index (κ1) is 23.9. The van der Waals surface area contributed by atoms with Crippen molar-refractivity contribution in [2.75, 3.05) is 25.4 Å². The zero-order valence-electron chi connectivity index (χ0n) is 18.0. The van der Waals surface area contributed by atoms with Gasteiger partial charge in [0, 0.05) is 25.2 Å². The number of likely N-dealkylation sites (N-methyl/N-ethyl adjacent to an activating group) is 1. The first-order valence-corrected chi connectivity index (χ1v) is 10.3. The summed E-state index contributed by atoms with van der Waals surface area (Å²) < 4.78 is 2.31. The molecule has 0 saturated heterocycles. The summed E-state index contributed by atoms with van der Waals surface area (Å²) in [6, 6.07) is 1.21. The van der Waals surface area contributed by atoms with Gasteiger partial charge in [-0.2, -0.15) is 0 Å². The Labute approximate surface area is 167 Å². The maximum Gasteiger partial charge on any atom is 0.333 e. The molecule has 28 heavy (non-hydrogen) atoms. The highest BCUT2D eigenvalue weighted by Gasteiger charge is 2.15. The predicted molar refractivity (Wildman–Crippen MR) is 113 cm³/mol. The largest absolute Gasteiger partial charge is 0.385 e. The summed E-state index contributed by atoms with van der Waals surface area (Å²) in [5.41, 5.74) is 4.79. The van der Waals surface area contributed by atoms with Crippen molar-refractivity contribution in [3.8, 4) is 0 Å². The highest BCUT2D eigenvalue weighted by atomic mass is 16.2. The number of hydrogen-bond donors (Lipinski definition) is 2. The summed E-state index contributed by atoms with van der Waals surface area (Å²) in [7, 11) is 0. The molecular formula is C20H37N5O3. The van der Waals surface area contributed by atoms with E-state index < -0.39 is 11.2 Å². The Kier molecular flexibility index (Phi) is 9.99. The summed E-state index contributed by atoms with van der Waals surface area (Å²) >= 11 is 0. The summed E-state index contributed by atoms with van der Waals surface area (Å²) in [6.07, 6.45) is 3.00. The lowest BCUT2D eigenvalue weighted by molar-refractivity contribution is -0.122. The summed E-state index contributed by atoms with van der Waals surface area (Å²) in [5, 5.41) is 2.87. The average Bonchev–Trinajstić information content (AvgIpc) is 2.61. The summed E-state index contributed by atoms with van der Waals surface area (Å²) in [4.78, 5) is 39.4. The van der Waals surface area contributed by atoms with Crippen LogP contribution in [0.3, 0.4) is 0 Å². The highest BCUT2D eigenvalue weighted by Crippen LogP contribution is 2.08. The van der Waals surface area contributed by atoms with Crippen LogP contribution in [-0.4, -0.2) is 45.6 Å².